The van der Waals surface area contributed by atoms with E-state index in [0.717, 1.165) is 0 Å². The lowest BCUT2D eigenvalue weighted by Gasteiger charge is -2.24. The number of Topliss-reactive ketones (excluding diaryl/α,β-unsaturated/α-hetero) is 1. The van der Waals surface area contributed by atoms with Gasteiger partial charge in [0.15, 0.2) is 0 Å². The fraction of sp³-hybridized carbons (Fsp3) is 0.818. The van der Waals surface area contributed by atoms with E-state index in [1.165, 1.54) is 6.92 Å². The van der Waals surface area contributed by atoms with Crippen molar-refractivity contribution in [1.29, 1.82) is 0 Å². The van der Waals surface area contributed by atoms with Gasteiger partial charge in [-0.1, -0.05) is 13.8 Å². The normalized spacial score (nSPS) is 15.9. The van der Waals surface area contributed by atoms with E-state index in [2.05, 4.69) is 0 Å². The van der Waals surface area contributed by atoms with Crippen LogP contribution in [0.4, 0.5) is 0 Å². The molecule has 0 aromatic heterocycles. The van der Waals surface area contributed by atoms with E-state index in [-0.39, 0.29) is 23.6 Å². The fourth-order valence-corrected chi connectivity index (χ4v) is 0.951. The second-order valence-corrected chi connectivity index (χ2v) is 4.72. The molecule has 0 N–H and O–H groups in total. The Bertz CT molecular complexity index is 225. The lowest BCUT2D eigenvalue weighted by Crippen LogP contribution is -2.32. The van der Waals surface area contributed by atoms with Gasteiger partial charge >= 0.3 is 5.97 Å². The van der Waals surface area contributed by atoms with Gasteiger partial charge in [0.2, 0.25) is 0 Å². The molecule has 0 amide bonds. The molecule has 3 nitrogen and oxygen atoms in total. The molecule has 0 aliphatic carbocycles. The fourth-order valence-electron chi connectivity index (χ4n) is 0.951. The summed E-state index contributed by atoms with van der Waals surface area (Å²) in [4.78, 5) is 22.6. The molecule has 0 radical (unpaired) electrons. The summed E-state index contributed by atoms with van der Waals surface area (Å²) >= 11 is 0. The second-order valence-electron chi connectivity index (χ2n) is 4.72. The van der Waals surface area contributed by atoms with Crippen LogP contribution in [-0.4, -0.2) is 17.4 Å². The van der Waals surface area contributed by atoms with Gasteiger partial charge in [-0.3, -0.25) is 9.59 Å². The monoisotopic (exact) mass is 200 g/mol. The number of carbonyl (C=O) groups is 2. The van der Waals surface area contributed by atoms with Crippen LogP contribution in [-0.2, 0) is 14.3 Å². The van der Waals surface area contributed by atoms with Crippen LogP contribution in [0.5, 0.6) is 0 Å². The topological polar surface area (TPSA) is 43.4 Å². The Morgan fingerprint density at radius 1 is 1.07 bits per heavy atom. The first kappa shape index (κ1) is 13.1. The van der Waals surface area contributed by atoms with E-state index in [1.807, 2.05) is 20.8 Å². The molecule has 82 valence electrons. The number of hydrogen-bond donors (Lipinski definition) is 0. The highest BCUT2D eigenvalue weighted by molar-refractivity contribution is 5.84. The van der Waals surface area contributed by atoms with Crippen molar-refractivity contribution in [2.24, 2.45) is 11.8 Å². The molecule has 0 unspecified atom stereocenters. The van der Waals surface area contributed by atoms with Gasteiger partial charge in [0.05, 0.1) is 5.92 Å². The van der Waals surface area contributed by atoms with Crippen molar-refractivity contribution in [2.75, 3.05) is 0 Å². The van der Waals surface area contributed by atoms with Gasteiger partial charge in [-0.15, -0.1) is 0 Å². The van der Waals surface area contributed by atoms with Crippen molar-refractivity contribution >= 4 is 11.8 Å². The summed E-state index contributed by atoms with van der Waals surface area (Å²) in [6, 6.07) is 0. The molecule has 0 aliphatic rings. The first-order valence-corrected chi connectivity index (χ1v) is 4.88. The minimum atomic E-state index is -0.484. The molecule has 2 atom stereocenters. The van der Waals surface area contributed by atoms with Gasteiger partial charge in [-0.25, -0.2) is 0 Å². The Hall–Kier alpha value is -0.860. The number of ether oxygens (including phenoxy) is 1. The smallest absolute Gasteiger partial charge is 0.309 e. The highest BCUT2D eigenvalue weighted by Crippen LogP contribution is 2.17. The lowest BCUT2D eigenvalue weighted by molar-refractivity contribution is -0.162. The van der Waals surface area contributed by atoms with Crippen LogP contribution < -0.4 is 0 Å². The van der Waals surface area contributed by atoms with Crippen LogP contribution in [0.3, 0.4) is 0 Å². The summed E-state index contributed by atoms with van der Waals surface area (Å²) < 4.78 is 5.18. The van der Waals surface area contributed by atoms with Crippen LogP contribution in [0.1, 0.15) is 41.5 Å². The molecule has 0 rings (SSSR count). The zero-order valence-corrected chi connectivity index (χ0v) is 9.88. The SMILES string of the molecule is CC(=O)[C@H](C)[C@H](C)C(=O)OC(C)(C)C. The standard InChI is InChI=1S/C11H20O3/c1-7(9(3)12)8(2)10(13)14-11(4,5)6/h7-8H,1-6H3/t7-,8+/m1/s1. The number of hydrogen-bond acceptors (Lipinski definition) is 3. The average Bonchev–Trinajstić information content (AvgIpc) is 1.98. The maximum absolute atomic E-state index is 11.5. The Morgan fingerprint density at radius 2 is 1.50 bits per heavy atom. The van der Waals surface area contributed by atoms with E-state index in [0.29, 0.717) is 0 Å². The predicted octanol–water partition coefficient (Wildman–Crippen LogP) is 2.19. The lowest BCUT2D eigenvalue weighted by atomic mass is 9.92. The van der Waals surface area contributed by atoms with Gasteiger partial charge < -0.3 is 4.74 Å². The van der Waals surface area contributed by atoms with Crippen LogP contribution in [0.2, 0.25) is 0 Å². The maximum Gasteiger partial charge on any atom is 0.309 e. The summed E-state index contributed by atoms with van der Waals surface area (Å²) in [6.45, 7) is 10.4. The second kappa shape index (κ2) is 4.58. The molecule has 0 spiro atoms. The molecular weight excluding hydrogens is 180 g/mol. The summed E-state index contributed by atoms with van der Waals surface area (Å²) in [5, 5.41) is 0. The van der Waals surface area contributed by atoms with Crippen molar-refractivity contribution in [3.63, 3.8) is 0 Å². The Kier molecular flexibility index (Phi) is 4.30. The van der Waals surface area contributed by atoms with E-state index in [1.54, 1.807) is 13.8 Å². The van der Waals surface area contributed by atoms with Crippen LogP contribution >= 0.6 is 0 Å². The number of carbonyl (C=O) groups excluding carboxylic acids is 2. The maximum atomic E-state index is 11.5. The number of esters is 1. The molecule has 14 heavy (non-hydrogen) atoms. The van der Waals surface area contributed by atoms with Crippen molar-refractivity contribution in [1.82, 2.24) is 0 Å². The van der Waals surface area contributed by atoms with E-state index >= 15 is 0 Å². The van der Waals surface area contributed by atoms with Crippen molar-refractivity contribution in [3.8, 4) is 0 Å². The summed E-state index contributed by atoms with van der Waals surface area (Å²) in [7, 11) is 0. The Labute approximate surface area is 85.8 Å². The molecular formula is C11H20O3. The quantitative estimate of drug-likeness (QED) is 0.656. The third kappa shape index (κ3) is 4.40. The van der Waals surface area contributed by atoms with Gasteiger partial charge in [0, 0.05) is 5.92 Å². The van der Waals surface area contributed by atoms with Gasteiger partial charge in [-0.05, 0) is 27.7 Å². The van der Waals surface area contributed by atoms with Crippen LogP contribution in [0.15, 0.2) is 0 Å². The van der Waals surface area contributed by atoms with Crippen molar-refractivity contribution < 1.29 is 14.3 Å². The van der Waals surface area contributed by atoms with Crippen molar-refractivity contribution in [3.05, 3.63) is 0 Å². The number of ketones is 1. The first-order valence-electron chi connectivity index (χ1n) is 4.88. The largest absolute Gasteiger partial charge is 0.460 e. The molecule has 0 aromatic carbocycles. The molecule has 0 bridgehead atoms. The average molecular weight is 200 g/mol. The molecule has 0 saturated carbocycles. The summed E-state index contributed by atoms with van der Waals surface area (Å²) in [5.74, 6) is -0.930. The molecule has 0 heterocycles. The molecule has 0 aromatic rings. The Morgan fingerprint density at radius 3 is 1.79 bits per heavy atom. The summed E-state index contributed by atoms with van der Waals surface area (Å²) in [5.41, 5.74) is -0.484. The third-order valence-corrected chi connectivity index (χ3v) is 2.17. The minimum Gasteiger partial charge on any atom is -0.460 e. The predicted molar refractivity (Wildman–Crippen MR) is 54.9 cm³/mol. The highest BCUT2D eigenvalue weighted by Gasteiger charge is 2.27. The third-order valence-electron chi connectivity index (χ3n) is 2.17. The highest BCUT2D eigenvalue weighted by atomic mass is 16.6. The zero-order valence-electron chi connectivity index (χ0n) is 9.88. The molecule has 0 aliphatic heterocycles. The van der Waals surface area contributed by atoms with Gasteiger partial charge in [0.1, 0.15) is 11.4 Å². The van der Waals surface area contributed by atoms with E-state index in [9.17, 15) is 9.59 Å². The van der Waals surface area contributed by atoms with Crippen molar-refractivity contribution in [2.45, 2.75) is 47.1 Å². The zero-order chi connectivity index (χ0) is 11.5. The Balaban J connectivity index is 4.33. The van der Waals surface area contributed by atoms with Crippen LogP contribution in [0.25, 0.3) is 0 Å². The summed E-state index contributed by atoms with van der Waals surface area (Å²) in [6.07, 6.45) is 0. The van der Waals surface area contributed by atoms with E-state index < -0.39 is 5.60 Å². The molecule has 0 saturated heterocycles. The molecule has 3 heteroatoms. The number of rotatable bonds is 3. The minimum absolute atomic E-state index is 0.0170. The first-order chi connectivity index (χ1) is 6.15. The van der Waals surface area contributed by atoms with E-state index in [4.69, 9.17) is 4.74 Å². The van der Waals surface area contributed by atoms with Gasteiger partial charge in [0.25, 0.3) is 0 Å². The molecule has 0 fully saturated rings. The van der Waals surface area contributed by atoms with Gasteiger partial charge in [-0.2, -0.15) is 0 Å². The van der Waals surface area contributed by atoms with Crippen LogP contribution in [0, 0.1) is 11.8 Å².